The number of amides is 1. The lowest BCUT2D eigenvalue weighted by molar-refractivity contribution is -0.384. The fourth-order valence-corrected chi connectivity index (χ4v) is 6.20. The second-order valence-corrected chi connectivity index (χ2v) is 14.6. The molecule has 0 bridgehead atoms. The predicted octanol–water partition coefficient (Wildman–Crippen LogP) is 10.1. The molecule has 50 heavy (non-hydrogen) atoms. The minimum Gasteiger partial charge on any atom is -0.489 e. The van der Waals surface area contributed by atoms with Crippen LogP contribution in [-0.4, -0.2) is 34.1 Å². The molecule has 3 aromatic rings. The van der Waals surface area contributed by atoms with Gasteiger partial charge in [-0.1, -0.05) is 124 Å². The maximum atomic E-state index is 13.6. The lowest BCUT2D eigenvalue weighted by atomic mass is 9.91. The van der Waals surface area contributed by atoms with Crippen LogP contribution in [0.3, 0.4) is 0 Å². The van der Waals surface area contributed by atoms with Crippen LogP contribution in [0.1, 0.15) is 152 Å². The summed E-state index contributed by atoms with van der Waals surface area (Å²) in [7, 11) is 1.72. The van der Waals surface area contributed by atoms with Crippen molar-refractivity contribution in [1.29, 1.82) is 0 Å². The Balaban J connectivity index is 1.50. The van der Waals surface area contributed by atoms with E-state index in [1.165, 1.54) is 102 Å². The number of nitrogens with two attached hydrogens (primary N) is 1. The molecule has 10 nitrogen and oxygen atoms in total. The van der Waals surface area contributed by atoms with E-state index in [1.807, 2.05) is 20.8 Å². The van der Waals surface area contributed by atoms with Crippen LogP contribution in [0, 0.1) is 10.1 Å². The molecule has 0 atom stereocenters. The summed E-state index contributed by atoms with van der Waals surface area (Å²) in [5, 5.41) is 12.2. The van der Waals surface area contributed by atoms with E-state index in [0.717, 1.165) is 24.0 Å². The summed E-state index contributed by atoms with van der Waals surface area (Å²) in [6.07, 6.45) is 20.5. The minimum absolute atomic E-state index is 0.0544. The number of carbonyl (C=O) groups is 1. The Morgan fingerprint density at radius 2 is 1.38 bits per heavy atom. The lowest BCUT2D eigenvalue weighted by Crippen LogP contribution is -2.28. The molecule has 2 N–H and O–H groups in total. The number of nitro benzene ring substituents is 1. The van der Waals surface area contributed by atoms with Crippen molar-refractivity contribution in [3.63, 3.8) is 0 Å². The van der Waals surface area contributed by atoms with Crippen LogP contribution in [0.15, 0.2) is 51.8 Å². The molecule has 0 aliphatic carbocycles. The van der Waals surface area contributed by atoms with Crippen LogP contribution in [0.2, 0.25) is 0 Å². The van der Waals surface area contributed by atoms with Gasteiger partial charge < -0.3 is 19.9 Å². The van der Waals surface area contributed by atoms with Crippen LogP contribution >= 0.6 is 0 Å². The first-order valence-electron chi connectivity index (χ1n) is 18.7. The van der Waals surface area contributed by atoms with Gasteiger partial charge in [-0.3, -0.25) is 19.7 Å². The van der Waals surface area contributed by atoms with E-state index in [-0.39, 0.29) is 29.3 Å². The number of nitro groups is 1. The molecule has 0 unspecified atom stereocenters. The zero-order chi connectivity index (χ0) is 36.5. The van der Waals surface area contributed by atoms with Crippen LogP contribution in [0.5, 0.6) is 5.75 Å². The lowest BCUT2D eigenvalue weighted by Gasteiger charge is -2.17. The Labute approximate surface area is 298 Å². The van der Waals surface area contributed by atoms with Crippen LogP contribution in [0.4, 0.5) is 11.4 Å². The molecule has 3 rings (SSSR count). The van der Waals surface area contributed by atoms with Crippen LogP contribution < -0.4 is 16.0 Å². The maximum Gasteiger partial charge on any atom is 0.297 e. The van der Waals surface area contributed by atoms with E-state index < -0.39 is 21.6 Å². The molecule has 276 valence electrons. The van der Waals surface area contributed by atoms with Gasteiger partial charge in [0.05, 0.1) is 10.5 Å². The molecule has 1 heterocycles. The molecule has 1 amide bonds. The second kappa shape index (κ2) is 20.6. The van der Waals surface area contributed by atoms with Crippen molar-refractivity contribution >= 4 is 17.3 Å². The molecule has 0 fully saturated rings. The third-order valence-corrected chi connectivity index (χ3v) is 9.18. The molecule has 0 aliphatic rings. The first-order chi connectivity index (χ1) is 23.9. The first kappa shape index (κ1) is 40.4. The number of hydrogen-bond donors (Lipinski definition) is 1. The third kappa shape index (κ3) is 12.7. The Kier molecular flexibility index (Phi) is 16.6. The molecule has 10 heteroatoms. The van der Waals surface area contributed by atoms with Gasteiger partial charge in [0.1, 0.15) is 12.4 Å². The molecular weight excluding hydrogens is 632 g/mol. The average Bonchev–Trinajstić information content (AvgIpc) is 3.43. The molecule has 0 saturated heterocycles. The van der Waals surface area contributed by atoms with Crippen molar-refractivity contribution in [3.05, 3.63) is 79.8 Å². The Hall–Kier alpha value is -4.08. The Morgan fingerprint density at radius 1 is 0.860 bits per heavy atom. The van der Waals surface area contributed by atoms with Crippen molar-refractivity contribution in [2.75, 3.05) is 19.3 Å². The largest absolute Gasteiger partial charge is 0.489 e. The highest BCUT2D eigenvalue weighted by Crippen LogP contribution is 2.30. The maximum absolute atomic E-state index is 13.6. The van der Waals surface area contributed by atoms with Gasteiger partial charge >= 0.3 is 0 Å². The summed E-state index contributed by atoms with van der Waals surface area (Å²) in [6.45, 7) is 8.38. The highest BCUT2D eigenvalue weighted by molar-refractivity contribution is 5.95. The normalized spacial score (nSPS) is 11.5. The van der Waals surface area contributed by atoms with Crippen molar-refractivity contribution in [3.8, 4) is 11.4 Å². The van der Waals surface area contributed by atoms with Gasteiger partial charge in [0, 0.05) is 36.3 Å². The van der Waals surface area contributed by atoms with E-state index in [9.17, 15) is 19.7 Å². The minimum atomic E-state index is -0.599. The molecule has 1 aromatic heterocycles. The fraction of sp³-hybridized carbons (Fsp3) is 0.600. The van der Waals surface area contributed by atoms with E-state index in [4.69, 9.17) is 15.0 Å². The summed E-state index contributed by atoms with van der Waals surface area (Å²) in [6, 6.07) is 10.9. The molecule has 2 aromatic carbocycles. The van der Waals surface area contributed by atoms with Gasteiger partial charge in [0.2, 0.25) is 0 Å². The molecular formula is C40H60N4O6. The number of aromatic nitrogens is 1. The number of benzene rings is 2. The average molecular weight is 693 g/mol. The summed E-state index contributed by atoms with van der Waals surface area (Å²) >= 11 is 0. The van der Waals surface area contributed by atoms with E-state index >= 15 is 0 Å². The number of unbranched alkanes of at least 4 members (excludes halogenated alkanes) is 15. The zero-order valence-electron chi connectivity index (χ0n) is 31.1. The van der Waals surface area contributed by atoms with Gasteiger partial charge in [-0.05, 0) is 42.8 Å². The standard InChI is InChI=1S/C40H60N4O6/c1-6-7-8-9-10-11-12-13-14-15-16-17-18-19-20-21-28-42(5)38(45)31-22-27-35(36(29-31)44(47)48)43-39(46)34(37(50-43)40(2,3)4)30-49-33-25-23-32(41)24-26-33/h22-27,29H,6-21,28,30,41H2,1-5H3. The third-order valence-electron chi connectivity index (χ3n) is 9.18. The number of nitrogens with zero attached hydrogens (tertiary/aromatic N) is 3. The van der Waals surface area contributed by atoms with Crippen LogP contribution in [0.25, 0.3) is 5.69 Å². The van der Waals surface area contributed by atoms with Gasteiger partial charge in [-0.15, -0.1) is 4.74 Å². The molecule has 0 spiro atoms. The summed E-state index contributed by atoms with van der Waals surface area (Å²) in [5.41, 5.74) is 5.17. The van der Waals surface area contributed by atoms with E-state index in [0.29, 0.717) is 23.7 Å². The number of anilines is 1. The molecule has 0 aliphatic heterocycles. The zero-order valence-corrected chi connectivity index (χ0v) is 31.1. The Morgan fingerprint density at radius 3 is 1.88 bits per heavy atom. The highest BCUT2D eigenvalue weighted by atomic mass is 16.6. The van der Waals surface area contributed by atoms with Crippen molar-refractivity contribution in [2.24, 2.45) is 0 Å². The van der Waals surface area contributed by atoms with E-state index in [2.05, 4.69) is 6.92 Å². The number of carbonyl (C=O) groups excluding carboxylic acids is 1. The Bertz CT molecular complexity index is 1540. The predicted molar refractivity (Wildman–Crippen MR) is 201 cm³/mol. The number of nitrogen functional groups attached to an aromatic ring is 1. The second-order valence-electron chi connectivity index (χ2n) is 14.6. The quantitative estimate of drug-likeness (QED) is 0.0452. The highest BCUT2D eigenvalue weighted by Gasteiger charge is 2.31. The SMILES string of the molecule is CCCCCCCCCCCCCCCCCCN(C)C(=O)c1ccc(-n2oc(C(C)(C)C)c(COc3ccc(N)cc3)c2=O)c([N+](=O)[O-])c1. The fourth-order valence-electron chi connectivity index (χ4n) is 6.20. The summed E-state index contributed by atoms with van der Waals surface area (Å²) in [5.74, 6) is 0.565. The first-order valence-corrected chi connectivity index (χ1v) is 18.7. The number of rotatable bonds is 23. The summed E-state index contributed by atoms with van der Waals surface area (Å²) in [4.78, 5) is 40.1. The van der Waals surface area contributed by atoms with Crippen molar-refractivity contribution in [1.82, 2.24) is 9.64 Å². The number of ether oxygens (including phenoxy) is 1. The van der Waals surface area contributed by atoms with Crippen molar-refractivity contribution in [2.45, 2.75) is 142 Å². The topological polar surface area (TPSA) is 134 Å². The van der Waals surface area contributed by atoms with E-state index in [1.54, 1.807) is 36.2 Å². The monoisotopic (exact) mass is 692 g/mol. The van der Waals surface area contributed by atoms with Gasteiger partial charge in [-0.2, -0.15) is 0 Å². The van der Waals surface area contributed by atoms with Gasteiger partial charge in [0.15, 0.2) is 11.4 Å². The van der Waals surface area contributed by atoms with Gasteiger partial charge in [-0.25, -0.2) is 0 Å². The molecule has 0 saturated carbocycles. The number of hydrogen-bond acceptors (Lipinski definition) is 7. The van der Waals surface area contributed by atoms with Crippen molar-refractivity contribution < 1.29 is 19.0 Å². The molecule has 0 radical (unpaired) electrons. The summed E-state index contributed by atoms with van der Waals surface area (Å²) < 4.78 is 12.8. The van der Waals surface area contributed by atoms with Gasteiger partial charge in [0.25, 0.3) is 17.2 Å². The van der Waals surface area contributed by atoms with Crippen LogP contribution in [-0.2, 0) is 12.0 Å². The smallest absolute Gasteiger partial charge is 0.297 e.